The van der Waals surface area contributed by atoms with E-state index in [-0.39, 0.29) is 17.9 Å². The number of rotatable bonds is 2. The molecular weight excluding hydrogens is 246 g/mol. The number of hydrogen-bond acceptors (Lipinski definition) is 5. The van der Waals surface area contributed by atoms with Crippen LogP contribution in [0.5, 0.6) is 0 Å². The van der Waals surface area contributed by atoms with E-state index in [1.807, 2.05) is 13.8 Å². The SMILES string of the molecule is CC.NCC1CCC(n2cnc3c(=O)[nH]cnc32)O1. The first-order valence-electron chi connectivity index (χ1n) is 6.55. The fraction of sp³-hybridized carbons (Fsp3) is 0.583. The van der Waals surface area contributed by atoms with Crippen molar-refractivity contribution >= 4 is 11.2 Å². The van der Waals surface area contributed by atoms with Crippen molar-refractivity contribution in [3.63, 3.8) is 0 Å². The molecule has 2 aromatic rings. The van der Waals surface area contributed by atoms with E-state index in [4.69, 9.17) is 10.5 Å². The van der Waals surface area contributed by atoms with Crippen LogP contribution in [0, 0.1) is 0 Å². The quantitative estimate of drug-likeness (QED) is 0.836. The number of aromatic nitrogens is 4. The van der Waals surface area contributed by atoms with Crippen molar-refractivity contribution < 1.29 is 4.74 Å². The minimum Gasteiger partial charge on any atom is -0.353 e. The number of imidazole rings is 1. The molecule has 1 aliphatic rings. The predicted molar refractivity (Wildman–Crippen MR) is 71.7 cm³/mol. The number of nitrogens with zero attached hydrogens (tertiary/aromatic N) is 3. The van der Waals surface area contributed by atoms with Gasteiger partial charge in [-0.05, 0) is 12.8 Å². The number of fused-ring (bicyclic) bond motifs is 1. The molecule has 0 bridgehead atoms. The van der Waals surface area contributed by atoms with Crippen LogP contribution in [0.1, 0.15) is 32.9 Å². The van der Waals surface area contributed by atoms with E-state index in [0.29, 0.717) is 17.7 Å². The lowest BCUT2D eigenvalue weighted by atomic mass is 10.2. The van der Waals surface area contributed by atoms with Crippen LogP contribution >= 0.6 is 0 Å². The summed E-state index contributed by atoms with van der Waals surface area (Å²) in [5.74, 6) is 0. The lowest BCUT2D eigenvalue weighted by Gasteiger charge is -2.13. The smallest absolute Gasteiger partial charge is 0.278 e. The molecule has 1 fully saturated rings. The molecule has 0 aliphatic carbocycles. The van der Waals surface area contributed by atoms with Crippen molar-refractivity contribution in [3.8, 4) is 0 Å². The first-order chi connectivity index (χ1) is 9.29. The fourth-order valence-electron chi connectivity index (χ4n) is 2.14. The number of nitrogens with two attached hydrogens (primary N) is 1. The van der Waals surface area contributed by atoms with Gasteiger partial charge in [0, 0.05) is 6.54 Å². The Kier molecular flexibility index (Phi) is 4.28. The first kappa shape index (κ1) is 13.7. The van der Waals surface area contributed by atoms with Gasteiger partial charge in [0.2, 0.25) is 0 Å². The summed E-state index contributed by atoms with van der Waals surface area (Å²) in [6.07, 6.45) is 4.71. The molecular formula is C12H19N5O2. The molecule has 3 rings (SSSR count). The zero-order valence-corrected chi connectivity index (χ0v) is 11.2. The highest BCUT2D eigenvalue weighted by Gasteiger charge is 2.27. The molecule has 2 unspecified atom stereocenters. The summed E-state index contributed by atoms with van der Waals surface area (Å²) in [6.45, 7) is 4.51. The summed E-state index contributed by atoms with van der Waals surface area (Å²) in [5.41, 5.74) is 6.22. The Morgan fingerprint density at radius 2 is 2.26 bits per heavy atom. The second-order valence-electron chi connectivity index (χ2n) is 4.08. The summed E-state index contributed by atoms with van der Waals surface area (Å²) in [5, 5.41) is 0. The second-order valence-corrected chi connectivity index (χ2v) is 4.08. The Hall–Kier alpha value is -1.73. The zero-order chi connectivity index (χ0) is 13.8. The van der Waals surface area contributed by atoms with Crippen molar-refractivity contribution in [3.05, 3.63) is 23.0 Å². The molecule has 0 amide bonds. The average molecular weight is 265 g/mol. The molecule has 3 heterocycles. The molecule has 7 heteroatoms. The van der Waals surface area contributed by atoms with Crippen molar-refractivity contribution in [1.82, 2.24) is 19.5 Å². The molecule has 0 radical (unpaired) electrons. The van der Waals surface area contributed by atoms with Gasteiger partial charge in [-0.2, -0.15) is 0 Å². The normalized spacial score (nSPS) is 22.3. The van der Waals surface area contributed by atoms with Gasteiger partial charge in [0.05, 0.1) is 18.8 Å². The van der Waals surface area contributed by atoms with Crippen molar-refractivity contribution in [2.24, 2.45) is 5.73 Å². The van der Waals surface area contributed by atoms with Crippen molar-refractivity contribution in [2.75, 3.05) is 6.54 Å². The molecule has 0 aromatic carbocycles. The van der Waals surface area contributed by atoms with Crippen LogP contribution in [0.3, 0.4) is 0 Å². The Morgan fingerprint density at radius 1 is 1.47 bits per heavy atom. The number of nitrogens with one attached hydrogen (secondary N) is 1. The third kappa shape index (κ3) is 2.52. The van der Waals surface area contributed by atoms with E-state index < -0.39 is 0 Å². The Balaban J connectivity index is 0.000000637. The molecule has 3 N–H and O–H groups in total. The molecule has 0 spiro atoms. The van der Waals surface area contributed by atoms with E-state index in [2.05, 4.69) is 15.0 Å². The van der Waals surface area contributed by atoms with Crippen LogP contribution in [-0.2, 0) is 4.74 Å². The van der Waals surface area contributed by atoms with E-state index in [1.54, 1.807) is 10.9 Å². The van der Waals surface area contributed by atoms with Crippen LogP contribution in [0.15, 0.2) is 17.4 Å². The maximum atomic E-state index is 11.5. The minimum atomic E-state index is -0.234. The molecule has 1 saturated heterocycles. The number of hydrogen-bond donors (Lipinski definition) is 2. The molecule has 104 valence electrons. The molecule has 7 nitrogen and oxygen atoms in total. The number of ether oxygens (including phenoxy) is 1. The molecule has 19 heavy (non-hydrogen) atoms. The van der Waals surface area contributed by atoms with Gasteiger partial charge < -0.3 is 15.5 Å². The van der Waals surface area contributed by atoms with Crippen LogP contribution < -0.4 is 11.3 Å². The molecule has 2 aromatic heterocycles. The van der Waals surface area contributed by atoms with Crippen LogP contribution in [0.4, 0.5) is 0 Å². The van der Waals surface area contributed by atoms with Gasteiger partial charge >= 0.3 is 0 Å². The van der Waals surface area contributed by atoms with Gasteiger partial charge in [-0.25, -0.2) is 9.97 Å². The van der Waals surface area contributed by atoms with Crippen LogP contribution in [-0.4, -0.2) is 32.2 Å². The zero-order valence-electron chi connectivity index (χ0n) is 11.2. The number of H-pyrrole nitrogens is 1. The third-order valence-corrected chi connectivity index (χ3v) is 3.02. The van der Waals surface area contributed by atoms with E-state index in [1.165, 1.54) is 6.33 Å². The van der Waals surface area contributed by atoms with Gasteiger partial charge in [-0.1, -0.05) is 13.8 Å². The van der Waals surface area contributed by atoms with E-state index in [9.17, 15) is 4.79 Å². The fourth-order valence-corrected chi connectivity index (χ4v) is 2.14. The monoisotopic (exact) mass is 265 g/mol. The average Bonchev–Trinajstić information content (AvgIpc) is 3.07. The topological polar surface area (TPSA) is 98.8 Å². The highest BCUT2D eigenvalue weighted by molar-refractivity contribution is 5.68. The lowest BCUT2D eigenvalue weighted by Crippen LogP contribution is -2.20. The lowest BCUT2D eigenvalue weighted by molar-refractivity contribution is 0.00866. The van der Waals surface area contributed by atoms with Gasteiger partial charge in [0.15, 0.2) is 11.2 Å². The summed E-state index contributed by atoms with van der Waals surface area (Å²) in [6, 6.07) is 0. The van der Waals surface area contributed by atoms with Crippen LogP contribution in [0.25, 0.3) is 11.2 Å². The summed E-state index contributed by atoms with van der Waals surface area (Å²) in [4.78, 5) is 22.2. The Bertz CT molecular complexity index is 591. The maximum absolute atomic E-state index is 11.5. The predicted octanol–water partition coefficient (Wildman–Crippen LogP) is 0.782. The highest BCUT2D eigenvalue weighted by Crippen LogP contribution is 2.29. The maximum Gasteiger partial charge on any atom is 0.278 e. The largest absolute Gasteiger partial charge is 0.353 e. The van der Waals surface area contributed by atoms with Gasteiger partial charge in [-0.3, -0.25) is 9.36 Å². The van der Waals surface area contributed by atoms with Crippen molar-refractivity contribution in [2.45, 2.75) is 39.0 Å². The van der Waals surface area contributed by atoms with Crippen LogP contribution in [0.2, 0.25) is 0 Å². The molecule has 1 aliphatic heterocycles. The van der Waals surface area contributed by atoms with Gasteiger partial charge in [0.1, 0.15) is 6.23 Å². The molecule has 0 saturated carbocycles. The van der Waals surface area contributed by atoms with Gasteiger partial charge in [0.25, 0.3) is 5.56 Å². The Labute approximate surface area is 110 Å². The summed E-state index contributed by atoms with van der Waals surface area (Å²) < 4.78 is 7.54. The minimum absolute atomic E-state index is 0.0828. The molecule has 2 atom stereocenters. The van der Waals surface area contributed by atoms with E-state index in [0.717, 1.165) is 12.8 Å². The first-order valence-corrected chi connectivity index (χ1v) is 6.55. The highest BCUT2D eigenvalue weighted by atomic mass is 16.5. The summed E-state index contributed by atoms with van der Waals surface area (Å²) in [7, 11) is 0. The number of aromatic amines is 1. The third-order valence-electron chi connectivity index (χ3n) is 3.02. The van der Waals surface area contributed by atoms with E-state index >= 15 is 0 Å². The van der Waals surface area contributed by atoms with Gasteiger partial charge in [-0.15, -0.1) is 0 Å². The standard InChI is InChI=1S/C10H13N5O2.C2H6/c11-3-6-1-2-7(17-6)15-5-14-8-9(15)12-4-13-10(8)16;1-2/h4-7H,1-3,11H2,(H,12,13,16);1-2H3. The summed E-state index contributed by atoms with van der Waals surface area (Å²) >= 11 is 0. The van der Waals surface area contributed by atoms with Crippen molar-refractivity contribution in [1.29, 1.82) is 0 Å². The second kappa shape index (κ2) is 5.94. The Morgan fingerprint density at radius 3 is 2.95 bits per heavy atom.